The fourth-order valence-electron chi connectivity index (χ4n) is 0.900. The first-order chi connectivity index (χ1) is 6.43. The van der Waals surface area contributed by atoms with Crippen molar-refractivity contribution < 1.29 is 18.0 Å². The minimum absolute atomic E-state index is 0.130. The van der Waals surface area contributed by atoms with Gasteiger partial charge in [-0.05, 0) is 18.5 Å². The zero-order valence-corrected chi connectivity index (χ0v) is 7.78. The summed E-state index contributed by atoms with van der Waals surface area (Å²) in [6.45, 7) is 1.24. The largest absolute Gasteiger partial charge is 0.280 e. The first kappa shape index (κ1) is 11.0. The van der Waals surface area contributed by atoms with Crippen LogP contribution in [0.5, 0.6) is 0 Å². The van der Waals surface area contributed by atoms with Crippen LogP contribution in [-0.2, 0) is 0 Å². The fraction of sp³-hybridized carbons (Fsp3) is 0.250. The summed E-state index contributed by atoms with van der Waals surface area (Å²) in [6, 6.07) is 0.587. The van der Waals surface area contributed by atoms with Gasteiger partial charge in [-0.3, -0.25) is 4.79 Å². The highest BCUT2D eigenvalue weighted by molar-refractivity contribution is 6.67. The summed E-state index contributed by atoms with van der Waals surface area (Å²) in [6.07, 6.45) is -2.93. The van der Waals surface area contributed by atoms with Crippen LogP contribution in [-0.4, -0.2) is 10.2 Å². The van der Waals surface area contributed by atoms with Crippen molar-refractivity contribution in [1.82, 2.24) is 4.98 Å². The van der Waals surface area contributed by atoms with Gasteiger partial charge in [-0.1, -0.05) is 0 Å². The van der Waals surface area contributed by atoms with Crippen molar-refractivity contribution in [3.63, 3.8) is 0 Å². The van der Waals surface area contributed by atoms with Crippen molar-refractivity contribution in [3.05, 3.63) is 28.8 Å². The van der Waals surface area contributed by atoms with Gasteiger partial charge in [-0.15, -0.1) is 0 Å². The van der Waals surface area contributed by atoms with E-state index in [9.17, 15) is 18.0 Å². The van der Waals surface area contributed by atoms with Crippen LogP contribution in [0.2, 0.25) is 0 Å². The van der Waals surface area contributed by atoms with Crippen LogP contribution in [0.3, 0.4) is 0 Å². The fourth-order valence-corrected chi connectivity index (χ4v) is 1.08. The number of carbonyl (C=O) groups excluding carboxylic acids is 1. The summed E-state index contributed by atoms with van der Waals surface area (Å²) in [4.78, 5) is 13.9. The molecule has 0 radical (unpaired) electrons. The molecule has 2 nitrogen and oxygen atoms in total. The third kappa shape index (κ3) is 2.04. The van der Waals surface area contributed by atoms with Crippen molar-refractivity contribution in [2.45, 2.75) is 13.3 Å². The van der Waals surface area contributed by atoms with E-state index in [0.29, 0.717) is 6.07 Å². The van der Waals surface area contributed by atoms with Gasteiger partial charge in [0.25, 0.3) is 11.7 Å². The Morgan fingerprint density at radius 2 is 2.14 bits per heavy atom. The van der Waals surface area contributed by atoms with E-state index in [1.165, 1.54) is 6.92 Å². The smallest absolute Gasteiger partial charge is 0.274 e. The van der Waals surface area contributed by atoms with Gasteiger partial charge >= 0.3 is 0 Å². The number of aromatic nitrogens is 1. The molecule has 14 heavy (non-hydrogen) atoms. The van der Waals surface area contributed by atoms with Crippen LogP contribution in [0.1, 0.15) is 28.2 Å². The van der Waals surface area contributed by atoms with Gasteiger partial charge in [0.1, 0.15) is 17.2 Å². The van der Waals surface area contributed by atoms with Crippen LogP contribution in [0.4, 0.5) is 13.2 Å². The number of hydrogen-bond acceptors (Lipinski definition) is 2. The Hall–Kier alpha value is -1.10. The molecule has 0 aliphatic rings. The maximum atomic E-state index is 13.0. The third-order valence-electron chi connectivity index (χ3n) is 1.64. The average molecular weight is 224 g/mol. The van der Waals surface area contributed by atoms with E-state index in [0.717, 1.165) is 0 Å². The number of hydrogen-bond donors (Lipinski definition) is 0. The predicted octanol–water partition coefficient (Wildman–Crippen LogP) is 2.85. The highest BCUT2D eigenvalue weighted by atomic mass is 35.5. The lowest BCUT2D eigenvalue weighted by Crippen LogP contribution is -2.05. The number of rotatable bonds is 2. The van der Waals surface area contributed by atoms with E-state index in [1.54, 1.807) is 0 Å². The molecule has 1 aromatic heterocycles. The summed E-state index contributed by atoms with van der Waals surface area (Å²) in [5, 5.41) is -1.05. The molecule has 1 rings (SSSR count). The standard InChI is InChI=1S/C8H5ClF3NO/c1-3-4(10)2-5(8(11)12)13-6(3)7(9)14/h2,8H,1H3. The number of carbonyl (C=O) groups is 1. The second-order valence-corrected chi connectivity index (χ2v) is 2.92. The molecule has 76 valence electrons. The summed E-state index contributed by atoms with van der Waals surface area (Å²) in [5.41, 5.74) is -1.39. The molecule has 0 N–H and O–H groups in total. The molecule has 0 aliphatic heterocycles. The van der Waals surface area contributed by atoms with E-state index in [4.69, 9.17) is 11.6 Å². The van der Waals surface area contributed by atoms with E-state index in [1.807, 2.05) is 0 Å². The molecule has 0 spiro atoms. The molecule has 1 aromatic rings. The molecule has 0 bridgehead atoms. The maximum Gasteiger partial charge on any atom is 0.280 e. The Bertz CT molecular complexity index is 381. The summed E-state index contributed by atoms with van der Waals surface area (Å²) in [7, 11) is 0. The molecule has 0 saturated carbocycles. The van der Waals surface area contributed by atoms with Crippen molar-refractivity contribution in [1.29, 1.82) is 0 Å². The molecule has 0 fully saturated rings. The van der Waals surface area contributed by atoms with Crippen molar-refractivity contribution in [2.24, 2.45) is 0 Å². The van der Waals surface area contributed by atoms with E-state index in [-0.39, 0.29) is 5.56 Å². The number of pyridine rings is 1. The maximum absolute atomic E-state index is 13.0. The summed E-state index contributed by atoms with van der Waals surface area (Å²) < 4.78 is 37.3. The Morgan fingerprint density at radius 3 is 2.57 bits per heavy atom. The quantitative estimate of drug-likeness (QED) is 0.722. The SMILES string of the molecule is Cc1c(F)cc(C(F)F)nc1C(=O)Cl. The van der Waals surface area contributed by atoms with Gasteiger partial charge in [0.15, 0.2) is 0 Å². The minimum Gasteiger partial charge on any atom is -0.274 e. The van der Waals surface area contributed by atoms with Crippen LogP contribution in [0.15, 0.2) is 6.07 Å². The van der Waals surface area contributed by atoms with Gasteiger partial charge in [-0.2, -0.15) is 0 Å². The Morgan fingerprint density at radius 1 is 1.57 bits per heavy atom. The first-order valence-electron chi connectivity index (χ1n) is 3.58. The first-order valence-corrected chi connectivity index (χ1v) is 3.96. The molecule has 6 heteroatoms. The second kappa shape index (κ2) is 3.96. The molecule has 0 saturated heterocycles. The third-order valence-corrected chi connectivity index (χ3v) is 1.82. The lowest BCUT2D eigenvalue weighted by atomic mass is 10.2. The average Bonchev–Trinajstić information content (AvgIpc) is 2.08. The van der Waals surface area contributed by atoms with Crippen LogP contribution < -0.4 is 0 Å². The number of nitrogens with zero attached hydrogens (tertiary/aromatic N) is 1. The van der Waals surface area contributed by atoms with Crippen LogP contribution in [0, 0.1) is 12.7 Å². The van der Waals surface area contributed by atoms with E-state index < -0.39 is 28.9 Å². The normalized spacial score (nSPS) is 10.7. The lowest BCUT2D eigenvalue weighted by molar-refractivity contribution is 0.107. The van der Waals surface area contributed by atoms with Crippen molar-refractivity contribution in [2.75, 3.05) is 0 Å². The number of alkyl halides is 2. The zero-order valence-electron chi connectivity index (χ0n) is 7.02. The predicted molar refractivity (Wildman–Crippen MR) is 44.1 cm³/mol. The molecule has 0 aromatic carbocycles. The zero-order chi connectivity index (χ0) is 10.9. The molecular weight excluding hydrogens is 219 g/mol. The number of halogens is 4. The van der Waals surface area contributed by atoms with Gasteiger partial charge < -0.3 is 0 Å². The second-order valence-electron chi connectivity index (χ2n) is 2.58. The molecule has 0 atom stereocenters. The summed E-state index contributed by atoms with van der Waals surface area (Å²) in [5.74, 6) is -0.917. The highest BCUT2D eigenvalue weighted by Gasteiger charge is 2.18. The summed E-state index contributed by atoms with van der Waals surface area (Å²) >= 11 is 5.04. The van der Waals surface area contributed by atoms with Gasteiger partial charge in [0.05, 0.1) is 0 Å². The molecule has 0 unspecified atom stereocenters. The Balaban J connectivity index is 3.35. The molecule has 0 aliphatic carbocycles. The van der Waals surface area contributed by atoms with Crippen LogP contribution >= 0.6 is 11.6 Å². The van der Waals surface area contributed by atoms with Gasteiger partial charge in [0, 0.05) is 11.6 Å². The van der Waals surface area contributed by atoms with Gasteiger partial charge in [0.2, 0.25) is 0 Å². The van der Waals surface area contributed by atoms with E-state index in [2.05, 4.69) is 4.98 Å². The molecule has 0 amide bonds. The minimum atomic E-state index is -2.93. The molecule has 1 heterocycles. The Labute approximate surface area is 82.7 Å². The van der Waals surface area contributed by atoms with Crippen molar-refractivity contribution >= 4 is 16.8 Å². The highest BCUT2D eigenvalue weighted by Crippen LogP contribution is 2.21. The molecular formula is C8H5ClF3NO. The van der Waals surface area contributed by atoms with Crippen molar-refractivity contribution in [3.8, 4) is 0 Å². The Kier molecular flexibility index (Phi) is 3.10. The van der Waals surface area contributed by atoms with Gasteiger partial charge in [-0.25, -0.2) is 18.2 Å². The monoisotopic (exact) mass is 223 g/mol. The lowest BCUT2D eigenvalue weighted by Gasteiger charge is -2.04. The topological polar surface area (TPSA) is 30.0 Å². The van der Waals surface area contributed by atoms with E-state index >= 15 is 0 Å². The van der Waals surface area contributed by atoms with Crippen LogP contribution in [0.25, 0.3) is 0 Å².